The van der Waals surface area contributed by atoms with E-state index in [1.807, 2.05) is 18.1 Å². The Morgan fingerprint density at radius 2 is 2.03 bits per heavy atom. The lowest BCUT2D eigenvalue weighted by Gasteiger charge is -2.35. The maximum atomic E-state index is 12.5. The summed E-state index contributed by atoms with van der Waals surface area (Å²) in [4.78, 5) is 30.7. The van der Waals surface area contributed by atoms with Gasteiger partial charge in [-0.2, -0.15) is 5.10 Å². The van der Waals surface area contributed by atoms with Crippen LogP contribution in [0.15, 0.2) is 41.7 Å². The number of nitrogens with zero attached hydrogens (tertiary/aromatic N) is 6. The van der Waals surface area contributed by atoms with Crippen molar-refractivity contribution in [1.29, 1.82) is 0 Å². The van der Waals surface area contributed by atoms with Crippen LogP contribution in [-0.4, -0.2) is 64.7 Å². The molecule has 0 saturated carbocycles. The van der Waals surface area contributed by atoms with Gasteiger partial charge in [-0.05, 0) is 12.0 Å². The summed E-state index contributed by atoms with van der Waals surface area (Å²) in [6.07, 6.45) is 4.20. The van der Waals surface area contributed by atoms with Crippen LogP contribution in [0.25, 0.3) is 0 Å². The van der Waals surface area contributed by atoms with Crippen LogP contribution in [0.2, 0.25) is 0 Å². The van der Waals surface area contributed by atoms with Crippen molar-refractivity contribution >= 4 is 47.2 Å². The number of non-ortho nitro benzene ring substituents is 1. The minimum absolute atomic E-state index is 0. The molecule has 1 aromatic carbocycles. The molecule has 1 aliphatic rings. The van der Waals surface area contributed by atoms with E-state index in [0.29, 0.717) is 32.0 Å². The number of hydrogen-bond acceptors (Lipinski definition) is 5. The van der Waals surface area contributed by atoms with Gasteiger partial charge in [-0.15, -0.1) is 24.0 Å². The largest absolute Gasteiger partial charge is 0.356 e. The van der Waals surface area contributed by atoms with E-state index in [1.165, 1.54) is 12.1 Å². The topological polar surface area (TPSA) is 109 Å². The fourth-order valence-corrected chi connectivity index (χ4v) is 3.11. The second-order valence-corrected chi connectivity index (χ2v) is 6.49. The third-order valence-corrected chi connectivity index (χ3v) is 4.58. The summed E-state index contributed by atoms with van der Waals surface area (Å²) in [7, 11) is 3.51. The average Bonchev–Trinajstić information content (AvgIpc) is 3.11. The van der Waals surface area contributed by atoms with Gasteiger partial charge in [0, 0.05) is 52.1 Å². The molecule has 10 nitrogen and oxygen atoms in total. The lowest BCUT2D eigenvalue weighted by Crippen LogP contribution is -2.55. The van der Waals surface area contributed by atoms with Gasteiger partial charge in [0.1, 0.15) is 6.54 Å². The number of aromatic nitrogens is 2. The lowest BCUT2D eigenvalue weighted by atomic mass is 10.1. The zero-order valence-electron chi connectivity index (χ0n) is 16.3. The first-order valence-corrected chi connectivity index (χ1v) is 8.96. The zero-order chi connectivity index (χ0) is 20.1. The number of carbonyl (C=O) groups is 1. The number of rotatable bonds is 5. The molecule has 0 atom stereocenters. The summed E-state index contributed by atoms with van der Waals surface area (Å²) in [6.45, 7) is 2.08. The van der Waals surface area contributed by atoms with Crippen LogP contribution in [0.5, 0.6) is 0 Å². The number of halogens is 1. The van der Waals surface area contributed by atoms with Gasteiger partial charge in [-0.1, -0.05) is 12.1 Å². The maximum Gasteiger partial charge on any atom is 0.269 e. The van der Waals surface area contributed by atoms with Crippen molar-refractivity contribution < 1.29 is 9.72 Å². The maximum absolute atomic E-state index is 12.5. The van der Waals surface area contributed by atoms with Crippen LogP contribution in [0.4, 0.5) is 11.4 Å². The summed E-state index contributed by atoms with van der Waals surface area (Å²) >= 11 is 0. The van der Waals surface area contributed by atoms with E-state index in [0.717, 1.165) is 11.3 Å². The molecule has 29 heavy (non-hydrogen) atoms. The molecule has 11 heteroatoms. The van der Waals surface area contributed by atoms with E-state index < -0.39 is 4.92 Å². The summed E-state index contributed by atoms with van der Waals surface area (Å²) in [5.74, 6) is 0.665. The molecule has 1 N–H and O–H groups in total. The third-order valence-electron chi connectivity index (χ3n) is 4.58. The second kappa shape index (κ2) is 10.2. The van der Waals surface area contributed by atoms with Crippen LogP contribution < -0.4 is 10.2 Å². The zero-order valence-corrected chi connectivity index (χ0v) is 18.6. The highest BCUT2D eigenvalue weighted by Crippen LogP contribution is 2.16. The number of carbonyl (C=O) groups excluding carboxylic acids is 1. The standard InChI is InChI=1S/C18H23N7O3.HI/c1-19-18(20-8-7-14-3-5-15(6-4-14)25(27)28)23-9-10-24(17(26)13-23)16-11-21-22(2)12-16;/h3-6,11-12H,7-10,13H2,1-2H3,(H,19,20);1H. The number of aliphatic imine (C=N–C) groups is 1. The van der Waals surface area contributed by atoms with Gasteiger partial charge in [0.05, 0.1) is 16.8 Å². The molecule has 1 amide bonds. The van der Waals surface area contributed by atoms with Crippen molar-refractivity contribution in [3.8, 4) is 0 Å². The molecule has 1 aliphatic heterocycles. The molecular formula is C18H24IN7O3. The quantitative estimate of drug-likeness (QED) is 0.213. The van der Waals surface area contributed by atoms with Gasteiger partial charge >= 0.3 is 0 Å². The molecule has 3 rings (SSSR count). The first kappa shape index (κ1) is 22.6. The van der Waals surface area contributed by atoms with E-state index in [9.17, 15) is 14.9 Å². The first-order valence-electron chi connectivity index (χ1n) is 8.96. The molecule has 0 bridgehead atoms. The Morgan fingerprint density at radius 1 is 1.31 bits per heavy atom. The smallest absolute Gasteiger partial charge is 0.269 e. The summed E-state index contributed by atoms with van der Waals surface area (Å²) in [6, 6.07) is 6.50. The van der Waals surface area contributed by atoms with Crippen LogP contribution in [0.3, 0.4) is 0 Å². The van der Waals surface area contributed by atoms with E-state index in [-0.39, 0.29) is 42.1 Å². The van der Waals surface area contributed by atoms with Crippen molar-refractivity contribution in [3.63, 3.8) is 0 Å². The Balaban J connectivity index is 0.00000300. The number of guanidine groups is 1. The number of amides is 1. The average molecular weight is 513 g/mol. The molecule has 1 aromatic heterocycles. The molecule has 0 unspecified atom stereocenters. The van der Waals surface area contributed by atoms with Gasteiger partial charge in [-0.3, -0.25) is 24.6 Å². The van der Waals surface area contributed by atoms with Crippen molar-refractivity contribution in [1.82, 2.24) is 20.0 Å². The Hall–Kier alpha value is -2.70. The minimum atomic E-state index is -0.411. The molecule has 2 aromatic rings. The molecule has 156 valence electrons. The molecule has 0 aliphatic carbocycles. The highest BCUT2D eigenvalue weighted by atomic mass is 127. The number of hydrogen-bond donors (Lipinski definition) is 1. The normalized spacial score (nSPS) is 14.6. The molecule has 0 radical (unpaired) electrons. The van der Waals surface area contributed by atoms with E-state index in [2.05, 4.69) is 15.4 Å². The van der Waals surface area contributed by atoms with Crippen molar-refractivity contribution in [3.05, 3.63) is 52.3 Å². The SMILES string of the molecule is CN=C(NCCc1ccc([N+](=O)[O-])cc1)N1CCN(c2cnn(C)c2)C(=O)C1.I. The third kappa shape index (κ3) is 5.65. The molecule has 2 heterocycles. The van der Waals surface area contributed by atoms with Crippen molar-refractivity contribution in [2.24, 2.45) is 12.0 Å². The number of anilines is 1. The van der Waals surface area contributed by atoms with Crippen molar-refractivity contribution in [2.45, 2.75) is 6.42 Å². The number of benzene rings is 1. The van der Waals surface area contributed by atoms with Crippen LogP contribution in [0, 0.1) is 10.1 Å². The minimum Gasteiger partial charge on any atom is -0.356 e. The Kier molecular flexibility index (Phi) is 7.93. The van der Waals surface area contributed by atoms with Gasteiger partial charge in [0.2, 0.25) is 5.91 Å². The number of nitrogens with one attached hydrogen (secondary N) is 1. The number of nitro benzene ring substituents is 1. The fourth-order valence-electron chi connectivity index (χ4n) is 3.11. The summed E-state index contributed by atoms with van der Waals surface area (Å²) in [5, 5.41) is 18.1. The van der Waals surface area contributed by atoms with Crippen LogP contribution in [0.1, 0.15) is 5.56 Å². The van der Waals surface area contributed by atoms with E-state index >= 15 is 0 Å². The van der Waals surface area contributed by atoms with Crippen molar-refractivity contribution in [2.75, 3.05) is 38.1 Å². The summed E-state index contributed by atoms with van der Waals surface area (Å²) < 4.78 is 1.67. The Bertz CT molecular complexity index is 882. The van der Waals surface area contributed by atoms with E-state index in [1.54, 1.807) is 35.0 Å². The molecule has 0 spiro atoms. The predicted octanol–water partition coefficient (Wildman–Crippen LogP) is 1.41. The number of nitro groups is 1. The monoisotopic (exact) mass is 513 g/mol. The van der Waals surface area contributed by atoms with Gasteiger partial charge in [-0.25, -0.2) is 0 Å². The Labute approximate surface area is 185 Å². The number of piperazine rings is 1. The predicted molar refractivity (Wildman–Crippen MR) is 121 cm³/mol. The van der Waals surface area contributed by atoms with Gasteiger partial charge in [0.15, 0.2) is 5.96 Å². The number of aryl methyl sites for hydroxylation is 1. The van der Waals surface area contributed by atoms with Gasteiger partial charge < -0.3 is 15.1 Å². The lowest BCUT2D eigenvalue weighted by molar-refractivity contribution is -0.384. The molecular weight excluding hydrogens is 489 g/mol. The van der Waals surface area contributed by atoms with Crippen LogP contribution >= 0.6 is 24.0 Å². The second-order valence-electron chi connectivity index (χ2n) is 6.49. The van der Waals surface area contributed by atoms with E-state index in [4.69, 9.17) is 0 Å². The molecule has 1 fully saturated rings. The highest BCUT2D eigenvalue weighted by molar-refractivity contribution is 14.0. The van der Waals surface area contributed by atoms with Gasteiger partial charge in [0.25, 0.3) is 5.69 Å². The van der Waals surface area contributed by atoms with Crippen LogP contribution in [-0.2, 0) is 18.3 Å². The highest BCUT2D eigenvalue weighted by Gasteiger charge is 2.27. The summed E-state index contributed by atoms with van der Waals surface area (Å²) in [5.41, 5.74) is 1.87. The first-order chi connectivity index (χ1) is 13.5. The molecule has 1 saturated heterocycles. The fraction of sp³-hybridized carbons (Fsp3) is 0.389. The Morgan fingerprint density at radius 3 is 2.59 bits per heavy atom.